The standard InChI is InChI=1S/C25H20Cl2N4O3/c1-2-24(32)29-12-10-17(15-29)31-22-9-11-28-14-23(22)30(25(31)33)16-3-5-18(6-4-16)34-19-7-8-20(26)21(27)13-19/h2-9,11,13-14,17H,1,10,12,15H2. The van der Waals surface area contributed by atoms with Gasteiger partial charge in [-0.05, 0) is 55.0 Å². The number of fused-ring (bicyclic) bond motifs is 1. The van der Waals surface area contributed by atoms with Gasteiger partial charge in [0.1, 0.15) is 11.5 Å². The highest BCUT2D eigenvalue weighted by atomic mass is 35.5. The molecule has 0 bridgehead atoms. The molecular weight excluding hydrogens is 475 g/mol. The van der Waals surface area contributed by atoms with Crippen molar-refractivity contribution < 1.29 is 9.53 Å². The molecule has 34 heavy (non-hydrogen) atoms. The first kappa shape index (κ1) is 22.3. The molecule has 1 aliphatic rings. The van der Waals surface area contributed by atoms with E-state index in [2.05, 4.69) is 11.6 Å². The Morgan fingerprint density at radius 3 is 2.56 bits per heavy atom. The summed E-state index contributed by atoms with van der Waals surface area (Å²) in [5, 5.41) is 0.857. The third kappa shape index (κ3) is 3.97. The lowest BCUT2D eigenvalue weighted by Crippen LogP contribution is -2.31. The number of nitrogens with zero attached hydrogens (tertiary/aromatic N) is 4. The third-order valence-corrected chi connectivity index (χ3v) is 6.65. The number of imidazole rings is 1. The van der Waals surface area contributed by atoms with Crippen LogP contribution in [0.25, 0.3) is 16.7 Å². The molecule has 0 N–H and O–H groups in total. The van der Waals surface area contributed by atoms with Crippen LogP contribution in [0.4, 0.5) is 0 Å². The summed E-state index contributed by atoms with van der Waals surface area (Å²) in [7, 11) is 0. The number of carbonyl (C=O) groups is 1. The van der Waals surface area contributed by atoms with Gasteiger partial charge in [0.25, 0.3) is 0 Å². The molecular formula is C25H20Cl2N4O3. The molecule has 1 atom stereocenters. The Hall–Kier alpha value is -3.55. The van der Waals surface area contributed by atoms with Crippen molar-refractivity contribution in [1.82, 2.24) is 19.0 Å². The Labute approximate surface area is 205 Å². The van der Waals surface area contributed by atoms with Crippen molar-refractivity contribution in [2.75, 3.05) is 13.1 Å². The predicted octanol–water partition coefficient (Wildman–Crippen LogP) is 5.25. The zero-order valence-corrected chi connectivity index (χ0v) is 19.5. The summed E-state index contributed by atoms with van der Waals surface area (Å²) in [6.07, 6.45) is 5.34. The molecule has 3 heterocycles. The molecule has 0 radical (unpaired) electrons. The van der Waals surface area contributed by atoms with E-state index in [1.165, 1.54) is 6.08 Å². The number of hydrogen-bond acceptors (Lipinski definition) is 4. The molecule has 0 saturated carbocycles. The second-order valence-corrected chi connectivity index (χ2v) is 8.77. The van der Waals surface area contributed by atoms with Crippen LogP contribution in [0.1, 0.15) is 12.5 Å². The number of hydrogen-bond donors (Lipinski definition) is 0. The van der Waals surface area contributed by atoms with Crippen molar-refractivity contribution in [2.45, 2.75) is 12.5 Å². The maximum atomic E-state index is 13.6. The predicted molar refractivity (Wildman–Crippen MR) is 132 cm³/mol. The molecule has 1 unspecified atom stereocenters. The monoisotopic (exact) mass is 494 g/mol. The molecule has 0 spiro atoms. The van der Waals surface area contributed by atoms with Crippen LogP contribution in [0.2, 0.25) is 10.0 Å². The van der Waals surface area contributed by atoms with Crippen molar-refractivity contribution in [3.8, 4) is 17.2 Å². The molecule has 1 amide bonds. The molecule has 1 fully saturated rings. The van der Waals surface area contributed by atoms with E-state index in [1.807, 2.05) is 18.2 Å². The number of ether oxygens (including phenoxy) is 1. The van der Waals surface area contributed by atoms with Gasteiger partial charge in [-0.3, -0.25) is 18.9 Å². The van der Waals surface area contributed by atoms with Crippen molar-refractivity contribution >= 4 is 40.1 Å². The maximum absolute atomic E-state index is 13.6. The van der Waals surface area contributed by atoms with Crippen LogP contribution in [0.3, 0.4) is 0 Å². The van der Waals surface area contributed by atoms with Gasteiger partial charge in [0.05, 0.1) is 39.0 Å². The van der Waals surface area contributed by atoms with E-state index in [4.69, 9.17) is 27.9 Å². The Morgan fingerprint density at radius 1 is 1.06 bits per heavy atom. The fraction of sp³-hybridized carbons (Fsp3) is 0.160. The average Bonchev–Trinajstić information content (AvgIpc) is 3.43. The Kier molecular flexibility index (Phi) is 5.89. The zero-order valence-electron chi connectivity index (χ0n) is 18.0. The van der Waals surface area contributed by atoms with Gasteiger partial charge in [-0.25, -0.2) is 4.79 Å². The smallest absolute Gasteiger partial charge is 0.334 e. The minimum atomic E-state index is -0.181. The fourth-order valence-corrected chi connectivity index (χ4v) is 4.58. The highest BCUT2D eigenvalue weighted by Crippen LogP contribution is 2.30. The van der Waals surface area contributed by atoms with E-state index in [0.717, 1.165) is 5.52 Å². The third-order valence-electron chi connectivity index (χ3n) is 5.91. The molecule has 2 aromatic carbocycles. The van der Waals surface area contributed by atoms with Gasteiger partial charge in [-0.2, -0.15) is 0 Å². The molecule has 1 aliphatic heterocycles. The number of pyridine rings is 1. The van der Waals surface area contributed by atoms with Crippen molar-refractivity contribution in [3.63, 3.8) is 0 Å². The van der Waals surface area contributed by atoms with Gasteiger partial charge in [-0.15, -0.1) is 0 Å². The van der Waals surface area contributed by atoms with E-state index in [-0.39, 0.29) is 17.6 Å². The van der Waals surface area contributed by atoms with Crippen LogP contribution in [-0.4, -0.2) is 38.0 Å². The van der Waals surface area contributed by atoms with Crippen LogP contribution >= 0.6 is 23.2 Å². The van der Waals surface area contributed by atoms with E-state index in [9.17, 15) is 9.59 Å². The van der Waals surface area contributed by atoms with E-state index in [0.29, 0.717) is 52.3 Å². The van der Waals surface area contributed by atoms with Crippen molar-refractivity contribution in [1.29, 1.82) is 0 Å². The second kappa shape index (κ2) is 9.00. The summed E-state index contributed by atoms with van der Waals surface area (Å²) in [4.78, 5) is 31.6. The topological polar surface area (TPSA) is 69.4 Å². The minimum absolute atomic E-state index is 0.125. The highest BCUT2D eigenvalue weighted by Gasteiger charge is 2.29. The molecule has 5 rings (SSSR count). The molecule has 7 nitrogen and oxygen atoms in total. The number of aromatic nitrogens is 3. The van der Waals surface area contributed by atoms with Crippen LogP contribution in [0.5, 0.6) is 11.5 Å². The largest absolute Gasteiger partial charge is 0.457 e. The first-order valence-corrected chi connectivity index (χ1v) is 11.4. The second-order valence-electron chi connectivity index (χ2n) is 7.96. The summed E-state index contributed by atoms with van der Waals surface area (Å²) in [6.45, 7) is 4.61. The minimum Gasteiger partial charge on any atom is -0.457 e. The van der Waals surface area contributed by atoms with Crippen LogP contribution in [0, 0.1) is 0 Å². The molecule has 172 valence electrons. The average molecular weight is 495 g/mol. The van der Waals surface area contributed by atoms with Crippen molar-refractivity contribution in [2.24, 2.45) is 0 Å². The molecule has 1 saturated heterocycles. The van der Waals surface area contributed by atoms with E-state index >= 15 is 0 Å². The summed E-state index contributed by atoms with van der Waals surface area (Å²) in [5.41, 5.74) is 1.97. The van der Waals surface area contributed by atoms with Crippen LogP contribution in [0.15, 0.2) is 78.4 Å². The molecule has 9 heteroatoms. The normalized spacial score (nSPS) is 15.6. The summed E-state index contributed by atoms with van der Waals surface area (Å²) in [5.74, 6) is 1.02. The number of likely N-dealkylation sites (tertiary alicyclic amines) is 1. The Balaban J connectivity index is 1.49. The maximum Gasteiger partial charge on any atom is 0.334 e. The van der Waals surface area contributed by atoms with Gasteiger partial charge in [0.15, 0.2) is 0 Å². The number of amides is 1. The molecule has 4 aromatic rings. The SMILES string of the molecule is C=CC(=O)N1CCC(n2c(=O)n(-c3ccc(Oc4ccc(Cl)c(Cl)c4)cc3)c3cnccc32)C1. The van der Waals surface area contributed by atoms with Crippen LogP contribution < -0.4 is 10.4 Å². The first-order chi connectivity index (χ1) is 16.5. The van der Waals surface area contributed by atoms with Gasteiger partial charge >= 0.3 is 5.69 Å². The number of halogens is 2. The highest BCUT2D eigenvalue weighted by molar-refractivity contribution is 6.42. The lowest BCUT2D eigenvalue weighted by Gasteiger charge is -2.15. The molecule has 0 aliphatic carbocycles. The lowest BCUT2D eigenvalue weighted by molar-refractivity contribution is -0.125. The number of benzene rings is 2. The Morgan fingerprint density at radius 2 is 1.82 bits per heavy atom. The Bertz CT molecular complexity index is 1460. The van der Waals surface area contributed by atoms with E-state index in [1.54, 1.807) is 56.8 Å². The lowest BCUT2D eigenvalue weighted by atomic mass is 10.2. The molecule has 2 aromatic heterocycles. The summed E-state index contributed by atoms with van der Waals surface area (Å²) in [6, 6.07) is 13.9. The van der Waals surface area contributed by atoms with Gasteiger partial charge in [0.2, 0.25) is 5.91 Å². The summed E-state index contributed by atoms with van der Waals surface area (Å²) < 4.78 is 9.25. The van der Waals surface area contributed by atoms with Gasteiger partial charge < -0.3 is 9.64 Å². The number of rotatable bonds is 5. The fourth-order valence-electron chi connectivity index (χ4n) is 4.29. The van der Waals surface area contributed by atoms with Crippen molar-refractivity contribution in [3.05, 3.63) is 94.1 Å². The summed E-state index contributed by atoms with van der Waals surface area (Å²) >= 11 is 12.0. The van der Waals surface area contributed by atoms with Gasteiger partial charge in [-0.1, -0.05) is 29.8 Å². The van der Waals surface area contributed by atoms with Crippen LogP contribution in [-0.2, 0) is 4.79 Å². The zero-order chi connectivity index (χ0) is 23.8. The quantitative estimate of drug-likeness (QED) is 0.355. The van der Waals surface area contributed by atoms with E-state index < -0.39 is 0 Å². The number of carbonyl (C=O) groups excluding carboxylic acids is 1. The first-order valence-electron chi connectivity index (χ1n) is 10.7. The van der Waals surface area contributed by atoms with Gasteiger partial charge in [0, 0.05) is 25.4 Å².